The van der Waals surface area contributed by atoms with Crippen LogP contribution in [0.1, 0.15) is 16.0 Å². The van der Waals surface area contributed by atoms with Gasteiger partial charge in [0.15, 0.2) is 17.5 Å². The third-order valence-electron chi connectivity index (χ3n) is 2.80. The molecule has 20 heavy (non-hydrogen) atoms. The van der Waals surface area contributed by atoms with E-state index in [-0.39, 0.29) is 5.56 Å². The van der Waals surface area contributed by atoms with Gasteiger partial charge in [-0.25, -0.2) is 13.2 Å². The fourth-order valence-corrected chi connectivity index (χ4v) is 2.90. The second kappa shape index (κ2) is 6.18. The van der Waals surface area contributed by atoms with Crippen molar-refractivity contribution in [1.29, 1.82) is 0 Å². The molecule has 1 atom stereocenters. The lowest BCUT2D eigenvalue weighted by Gasteiger charge is -2.16. The minimum Gasteiger partial charge on any atom is -0.496 e. The van der Waals surface area contributed by atoms with E-state index < -0.39 is 22.3 Å². The Morgan fingerprint density at radius 1 is 1.00 bits per heavy atom. The molecule has 0 spiro atoms. The van der Waals surface area contributed by atoms with Crippen molar-refractivity contribution >= 4 is 31.9 Å². The molecule has 6 heteroatoms. The second-order valence-electron chi connectivity index (χ2n) is 4.01. The first-order chi connectivity index (χ1) is 9.45. The summed E-state index contributed by atoms with van der Waals surface area (Å²) in [5.41, 5.74) is 0.604. The average molecular weight is 410 g/mol. The SMILES string of the molecule is COc1ccc(Br)cc1C(Br)c1ccc(F)c(F)c1F. The summed E-state index contributed by atoms with van der Waals surface area (Å²) in [6.07, 6.45) is 0. The summed E-state index contributed by atoms with van der Waals surface area (Å²) in [4.78, 5) is -0.662. The molecule has 2 aromatic carbocycles. The van der Waals surface area contributed by atoms with E-state index in [1.165, 1.54) is 13.2 Å². The topological polar surface area (TPSA) is 9.23 Å². The zero-order valence-electron chi connectivity index (χ0n) is 10.3. The van der Waals surface area contributed by atoms with Crippen LogP contribution in [-0.4, -0.2) is 7.11 Å². The normalized spacial score (nSPS) is 12.3. The second-order valence-corrected chi connectivity index (χ2v) is 5.84. The Labute approximate surface area is 131 Å². The molecule has 0 bridgehead atoms. The van der Waals surface area contributed by atoms with Gasteiger partial charge in [0.2, 0.25) is 0 Å². The molecule has 2 aromatic rings. The molecule has 0 saturated carbocycles. The molecule has 0 radical (unpaired) electrons. The standard InChI is InChI=1S/C14H9Br2F3O/c1-20-11-5-2-7(15)6-9(11)12(16)8-3-4-10(17)14(19)13(8)18/h2-6,12H,1H3. The van der Waals surface area contributed by atoms with Crippen molar-refractivity contribution in [3.63, 3.8) is 0 Å². The first-order valence-corrected chi connectivity index (χ1v) is 7.27. The van der Waals surface area contributed by atoms with Gasteiger partial charge in [-0.05, 0) is 24.3 Å². The van der Waals surface area contributed by atoms with Crippen LogP contribution in [0.5, 0.6) is 5.75 Å². The van der Waals surface area contributed by atoms with Crippen molar-refractivity contribution in [2.75, 3.05) is 7.11 Å². The van der Waals surface area contributed by atoms with Crippen LogP contribution in [0.2, 0.25) is 0 Å². The van der Waals surface area contributed by atoms with Crippen molar-refractivity contribution in [3.05, 3.63) is 63.4 Å². The fraction of sp³-hybridized carbons (Fsp3) is 0.143. The largest absolute Gasteiger partial charge is 0.496 e. The summed E-state index contributed by atoms with van der Waals surface area (Å²) in [6, 6.07) is 7.29. The van der Waals surface area contributed by atoms with E-state index in [4.69, 9.17) is 4.74 Å². The minimum absolute atomic E-state index is 0.000278. The van der Waals surface area contributed by atoms with Crippen LogP contribution in [0.15, 0.2) is 34.8 Å². The zero-order valence-corrected chi connectivity index (χ0v) is 13.4. The third kappa shape index (κ3) is 2.86. The molecule has 0 aromatic heterocycles. The van der Waals surface area contributed by atoms with Crippen LogP contribution in [0.4, 0.5) is 13.2 Å². The average Bonchev–Trinajstić information content (AvgIpc) is 2.44. The van der Waals surface area contributed by atoms with Gasteiger partial charge >= 0.3 is 0 Å². The summed E-state index contributed by atoms with van der Waals surface area (Å²) in [5.74, 6) is -3.40. The Balaban J connectivity index is 2.54. The molecule has 0 N–H and O–H groups in total. The van der Waals surface area contributed by atoms with Gasteiger partial charge in [-0.2, -0.15) is 0 Å². The first kappa shape index (κ1) is 15.4. The van der Waals surface area contributed by atoms with Crippen molar-refractivity contribution in [1.82, 2.24) is 0 Å². The highest BCUT2D eigenvalue weighted by Gasteiger charge is 2.22. The maximum atomic E-state index is 13.8. The van der Waals surface area contributed by atoms with Gasteiger partial charge in [0.1, 0.15) is 5.75 Å². The molecule has 0 aliphatic heterocycles. The summed E-state index contributed by atoms with van der Waals surface area (Å²) in [5, 5.41) is 0. The monoisotopic (exact) mass is 408 g/mol. The Bertz CT molecular complexity index is 647. The number of methoxy groups -OCH3 is 1. The quantitative estimate of drug-likeness (QED) is 0.489. The van der Waals surface area contributed by atoms with Crippen molar-refractivity contribution in [2.45, 2.75) is 4.83 Å². The predicted molar refractivity (Wildman–Crippen MR) is 77.8 cm³/mol. The number of benzene rings is 2. The van der Waals surface area contributed by atoms with E-state index in [0.29, 0.717) is 11.3 Å². The third-order valence-corrected chi connectivity index (χ3v) is 4.28. The molecule has 106 valence electrons. The highest BCUT2D eigenvalue weighted by Crippen LogP contribution is 2.39. The molecule has 0 aliphatic carbocycles. The molecule has 2 rings (SSSR count). The molecule has 0 amide bonds. The van der Waals surface area contributed by atoms with E-state index in [9.17, 15) is 13.2 Å². The van der Waals surface area contributed by atoms with Gasteiger partial charge in [-0.15, -0.1) is 0 Å². The number of ether oxygens (including phenoxy) is 1. The van der Waals surface area contributed by atoms with E-state index in [1.54, 1.807) is 18.2 Å². The fourth-order valence-electron chi connectivity index (χ4n) is 1.81. The van der Waals surface area contributed by atoms with E-state index in [0.717, 1.165) is 10.5 Å². The maximum Gasteiger partial charge on any atom is 0.194 e. The van der Waals surface area contributed by atoms with Crippen LogP contribution in [0, 0.1) is 17.5 Å². The highest BCUT2D eigenvalue weighted by atomic mass is 79.9. The lowest BCUT2D eigenvalue weighted by atomic mass is 10.0. The smallest absolute Gasteiger partial charge is 0.194 e. The molecule has 0 saturated heterocycles. The van der Waals surface area contributed by atoms with Crippen LogP contribution in [0.25, 0.3) is 0 Å². The maximum absolute atomic E-state index is 13.8. The summed E-state index contributed by atoms with van der Waals surface area (Å²) in [7, 11) is 1.48. The van der Waals surface area contributed by atoms with Crippen molar-refractivity contribution in [2.24, 2.45) is 0 Å². The van der Waals surface area contributed by atoms with Gasteiger partial charge in [-0.3, -0.25) is 0 Å². The number of alkyl halides is 1. The Kier molecular flexibility index (Phi) is 4.75. The van der Waals surface area contributed by atoms with Crippen LogP contribution in [0.3, 0.4) is 0 Å². The number of hydrogen-bond donors (Lipinski definition) is 0. The van der Waals surface area contributed by atoms with Crippen molar-refractivity contribution in [3.8, 4) is 5.75 Å². The summed E-state index contributed by atoms with van der Waals surface area (Å²) >= 11 is 6.61. The molecule has 0 heterocycles. The molecular weight excluding hydrogens is 401 g/mol. The summed E-state index contributed by atoms with van der Waals surface area (Å²) in [6.45, 7) is 0. The molecule has 0 fully saturated rings. The van der Waals surface area contributed by atoms with E-state index >= 15 is 0 Å². The van der Waals surface area contributed by atoms with Gasteiger partial charge in [0.05, 0.1) is 11.9 Å². The molecule has 1 nitrogen and oxygen atoms in total. The molecule has 0 aliphatic rings. The minimum atomic E-state index is -1.49. The van der Waals surface area contributed by atoms with Gasteiger partial charge in [0, 0.05) is 15.6 Å². The van der Waals surface area contributed by atoms with Crippen molar-refractivity contribution < 1.29 is 17.9 Å². The van der Waals surface area contributed by atoms with Gasteiger partial charge < -0.3 is 4.74 Å². The van der Waals surface area contributed by atoms with E-state index in [2.05, 4.69) is 31.9 Å². The first-order valence-electron chi connectivity index (χ1n) is 5.56. The lowest BCUT2D eigenvalue weighted by molar-refractivity contribution is 0.409. The van der Waals surface area contributed by atoms with Crippen LogP contribution >= 0.6 is 31.9 Å². The summed E-state index contributed by atoms with van der Waals surface area (Å²) < 4.78 is 46.1. The Hall–Kier alpha value is -1.01. The number of halogens is 5. The lowest BCUT2D eigenvalue weighted by Crippen LogP contribution is -2.03. The number of rotatable bonds is 3. The Morgan fingerprint density at radius 3 is 2.35 bits per heavy atom. The number of hydrogen-bond acceptors (Lipinski definition) is 1. The van der Waals surface area contributed by atoms with Crippen LogP contribution in [-0.2, 0) is 0 Å². The van der Waals surface area contributed by atoms with E-state index in [1.807, 2.05) is 0 Å². The van der Waals surface area contributed by atoms with Gasteiger partial charge in [0.25, 0.3) is 0 Å². The highest BCUT2D eigenvalue weighted by molar-refractivity contribution is 9.10. The predicted octanol–water partition coefficient (Wildman–Crippen LogP) is 5.36. The Morgan fingerprint density at radius 2 is 1.70 bits per heavy atom. The van der Waals surface area contributed by atoms with Crippen LogP contribution < -0.4 is 4.74 Å². The zero-order chi connectivity index (χ0) is 14.9. The van der Waals surface area contributed by atoms with Gasteiger partial charge in [-0.1, -0.05) is 37.9 Å². The molecule has 1 unspecified atom stereocenters. The molecular formula is C14H9Br2F3O.